The van der Waals surface area contributed by atoms with Crippen molar-refractivity contribution in [3.05, 3.63) is 11.3 Å². The van der Waals surface area contributed by atoms with Gasteiger partial charge in [-0.05, 0) is 39.9 Å². The summed E-state index contributed by atoms with van der Waals surface area (Å²) in [5, 5.41) is 12.2. The molecule has 6 heteroatoms. The van der Waals surface area contributed by atoms with E-state index in [0.29, 0.717) is 0 Å². The molecule has 6 nitrogen and oxygen atoms in total. The van der Waals surface area contributed by atoms with Crippen LogP contribution in [-0.2, 0) is 7.05 Å². The molecule has 0 amide bonds. The topological polar surface area (TPSA) is 74.2 Å². The van der Waals surface area contributed by atoms with Gasteiger partial charge in [-0.25, -0.2) is 0 Å². The third kappa shape index (κ3) is 4.20. The summed E-state index contributed by atoms with van der Waals surface area (Å²) in [5.41, 5.74) is 7.32. The van der Waals surface area contributed by atoms with Gasteiger partial charge in [0, 0.05) is 20.1 Å². The maximum atomic E-state index is 7.79. The fourth-order valence-electron chi connectivity index (χ4n) is 2.76. The monoisotopic (exact) mass is 294 g/mol. The van der Waals surface area contributed by atoms with E-state index in [1.54, 1.807) is 0 Å². The lowest BCUT2D eigenvalue weighted by Gasteiger charge is -2.26. The molecule has 120 valence electrons. The maximum absolute atomic E-state index is 7.79. The van der Waals surface area contributed by atoms with Crippen LogP contribution in [0.25, 0.3) is 0 Å². The van der Waals surface area contributed by atoms with E-state index in [-0.39, 0.29) is 5.84 Å². The van der Waals surface area contributed by atoms with Crippen molar-refractivity contribution in [2.75, 3.05) is 37.6 Å². The Kier molecular flexibility index (Phi) is 6.68. The normalized spacial score (nSPS) is 11.1. The molecule has 0 radical (unpaired) electrons. The summed E-state index contributed by atoms with van der Waals surface area (Å²) in [5.74, 6) is 1.06. The number of rotatable bonds is 9. The van der Waals surface area contributed by atoms with E-state index in [1.165, 1.54) is 0 Å². The molecule has 3 N–H and O–H groups in total. The van der Waals surface area contributed by atoms with E-state index in [9.17, 15) is 0 Å². The Balaban J connectivity index is 2.83. The first kappa shape index (κ1) is 17.5. The Bertz CT molecular complexity index is 461. The van der Waals surface area contributed by atoms with Gasteiger partial charge < -0.3 is 15.5 Å². The molecule has 1 rings (SSSR count). The van der Waals surface area contributed by atoms with Gasteiger partial charge in [-0.1, -0.05) is 13.8 Å². The van der Waals surface area contributed by atoms with Crippen molar-refractivity contribution < 1.29 is 0 Å². The lowest BCUT2D eigenvalue weighted by atomic mass is 10.2. The van der Waals surface area contributed by atoms with Gasteiger partial charge in [-0.3, -0.25) is 10.1 Å². The molecule has 0 saturated carbocycles. The Morgan fingerprint density at radius 1 is 1.19 bits per heavy atom. The van der Waals surface area contributed by atoms with Crippen molar-refractivity contribution in [1.29, 1.82) is 5.41 Å². The molecule has 0 bridgehead atoms. The molecule has 0 aliphatic rings. The number of nitrogen functional groups attached to an aromatic ring is 1. The van der Waals surface area contributed by atoms with Crippen LogP contribution in [0.5, 0.6) is 0 Å². The number of nitrogens with zero attached hydrogens (tertiary/aromatic N) is 4. The molecule has 1 aromatic rings. The van der Waals surface area contributed by atoms with Gasteiger partial charge in [0.15, 0.2) is 0 Å². The first-order valence-corrected chi connectivity index (χ1v) is 7.81. The second-order valence-corrected chi connectivity index (χ2v) is 5.28. The summed E-state index contributed by atoms with van der Waals surface area (Å²) >= 11 is 0. The van der Waals surface area contributed by atoms with Gasteiger partial charge in [0.25, 0.3) is 0 Å². The van der Waals surface area contributed by atoms with Crippen LogP contribution in [0.1, 0.15) is 38.4 Å². The Morgan fingerprint density at radius 3 is 2.29 bits per heavy atom. The zero-order valence-electron chi connectivity index (χ0n) is 14.1. The second-order valence-electron chi connectivity index (χ2n) is 5.28. The number of hydrogen-bond donors (Lipinski definition) is 2. The number of hydrogen-bond acceptors (Lipinski definition) is 4. The molecule has 0 atom stereocenters. The Hall–Kier alpha value is -1.56. The molecular formula is C15H30N6. The molecule has 0 aliphatic heterocycles. The minimum Gasteiger partial charge on any atom is -0.384 e. The third-order valence-electron chi connectivity index (χ3n) is 3.94. The fourth-order valence-corrected chi connectivity index (χ4v) is 2.76. The smallest absolute Gasteiger partial charge is 0.137 e. The Labute approximate surface area is 128 Å². The first-order valence-electron chi connectivity index (χ1n) is 7.81. The van der Waals surface area contributed by atoms with Crippen LogP contribution in [0.4, 0.5) is 5.82 Å². The zero-order chi connectivity index (χ0) is 16.0. The van der Waals surface area contributed by atoms with Gasteiger partial charge in [0.05, 0.1) is 11.3 Å². The van der Waals surface area contributed by atoms with E-state index >= 15 is 0 Å². The van der Waals surface area contributed by atoms with Gasteiger partial charge >= 0.3 is 0 Å². The van der Waals surface area contributed by atoms with Crippen LogP contribution in [0.2, 0.25) is 0 Å². The molecule has 0 spiro atoms. The maximum Gasteiger partial charge on any atom is 0.137 e. The summed E-state index contributed by atoms with van der Waals surface area (Å²) in [6.45, 7) is 13.5. The summed E-state index contributed by atoms with van der Waals surface area (Å²) in [6, 6.07) is 0. The van der Waals surface area contributed by atoms with Crippen molar-refractivity contribution in [1.82, 2.24) is 14.7 Å². The van der Waals surface area contributed by atoms with Crippen molar-refractivity contribution in [2.45, 2.75) is 34.1 Å². The van der Waals surface area contributed by atoms with Crippen LogP contribution in [0.3, 0.4) is 0 Å². The molecule has 0 saturated heterocycles. The van der Waals surface area contributed by atoms with Crippen molar-refractivity contribution in [3.63, 3.8) is 0 Å². The highest BCUT2D eigenvalue weighted by Crippen LogP contribution is 2.22. The number of amidine groups is 1. The van der Waals surface area contributed by atoms with Gasteiger partial charge in [-0.2, -0.15) is 5.10 Å². The summed E-state index contributed by atoms with van der Waals surface area (Å²) in [4.78, 5) is 4.69. The Morgan fingerprint density at radius 2 is 1.81 bits per heavy atom. The predicted octanol–water partition coefficient (Wildman–Crippen LogP) is 1.57. The van der Waals surface area contributed by atoms with Crippen LogP contribution < -0.4 is 10.6 Å². The van der Waals surface area contributed by atoms with Crippen molar-refractivity contribution in [2.24, 2.45) is 12.8 Å². The average molecular weight is 294 g/mol. The average Bonchev–Trinajstić information content (AvgIpc) is 2.74. The minimum atomic E-state index is 0.0952. The highest BCUT2D eigenvalue weighted by Gasteiger charge is 2.20. The number of aromatic nitrogens is 2. The predicted molar refractivity (Wildman–Crippen MR) is 89.3 cm³/mol. The van der Waals surface area contributed by atoms with E-state index in [4.69, 9.17) is 11.1 Å². The molecule has 0 aromatic carbocycles. The first-order chi connectivity index (χ1) is 9.96. The zero-order valence-corrected chi connectivity index (χ0v) is 14.1. The van der Waals surface area contributed by atoms with E-state index < -0.39 is 0 Å². The molecule has 1 aromatic heterocycles. The van der Waals surface area contributed by atoms with Gasteiger partial charge in [0.1, 0.15) is 11.7 Å². The van der Waals surface area contributed by atoms with Crippen LogP contribution in [-0.4, -0.2) is 53.2 Å². The minimum absolute atomic E-state index is 0.0952. The van der Waals surface area contributed by atoms with Crippen molar-refractivity contribution in [3.8, 4) is 0 Å². The SMILES string of the molecule is CCN(CC)CCCN(CC)c1c(C(=N)N)c(C)nn1C. The van der Waals surface area contributed by atoms with E-state index in [1.807, 2.05) is 18.7 Å². The fraction of sp³-hybridized carbons (Fsp3) is 0.733. The highest BCUT2D eigenvalue weighted by atomic mass is 15.4. The largest absolute Gasteiger partial charge is 0.384 e. The standard InChI is InChI=1S/C15H30N6/c1-6-20(7-2)10-9-11-21(8-3)15-13(14(16)17)12(4)18-19(15)5/h6-11H2,1-5H3,(H3,16,17). The number of nitrogens with one attached hydrogen (secondary N) is 1. The highest BCUT2D eigenvalue weighted by molar-refractivity contribution is 6.00. The lowest BCUT2D eigenvalue weighted by molar-refractivity contribution is 0.300. The van der Waals surface area contributed by atoms with Gasteiger partial charge in [0.2, 0.25) is 0 Å². The summed E-state index contributed by atoms with van der Waals surface area (Å²) < 4.78 is 1.84. The van der Waals surface area contributed by atoms with E-state index in [2.05, 4.69) is 35.7 Å². The molecular weight excluding hydrogens is 264 g/mol. The number of anilines is 1. The second kappa shape index (κ2) is 8.02. The number of nitrogens with two attached hydrogens (primary N) is 1. The van der Waals surface area contributed by atoms with Gasteiger partial charge in [-0.15, -0.1) is 0 Å². The van der Waals surface area contributed by atoms with Crippen molar-refractivity contribution >= 4 is 11.7 Å². The third-order valence-corrected chi connectivity index (χ3v) is 3.94. The molecule has 0 fully saturated rings. The molecule has 21 heavy (non-hydrogen) atoms. The van der Waals surface area contributed by atoms with Crippen LogP contribution in [0, 0.1) is 12.3 Å². The van der Waals surface area contributed by atoms with Crippen LogP contribution >= 0.6 is 0 Å². The lowest BCUT2D eigenvalue weighted by Crippen LogP contribution is -2.32. The molecule has 1 heterocycles. The molecule has 0 aliphatic carbocycles. The summed E-state index contributed by atoms with van der Waals surface area (Å²) in [6.07, 6.45) is 1.09. The van der Waals surface area contributed by atoms with E-state index in [0.717, 1.165) is 56.2 Å². The quantitative estimate of drug-likeness (QED) is 0.535. The number of aryl methyl sites for hydroxylation is 2. The van der Waals surface area contributed by atoms with Crippen LogP contribution in [0.15, 0.2) is 0 Å². The molecule has 0 unspecified atom stereocenters. The summed E-state index contributed by atoms with van der Waals surface area (Å²) in [7, 11) is 1.92.